The SMILES string of the molecule is CCCCc1ccc(C(NCC)c2ccco2)cc1. The number of rotatable bonds is 7. The molecule has 1 aromatic carbocycles. The molecule has 0 bridgehead atoms. The summed E-state index contributed by atoms with van der Waals surface area (Å²) < 4.78 is 5.54. The molecule has 2 aromatic rings. The van der Waals surface area contributed by atoms with Gasteiger partial charge in [0.1, 0.15) is 5.76 Å². The Hall–Kier alpha value is -1.54. The Morgan fingerprint density at radius 3 is 2.47 bits per heavy atom. The molecule has 0 saturated carbocycles. The van der Waals surface area contributed by atoms with Crippen molar-refractivity contribution < 1.29 is 4.42 Å². The van der Waals surface area contributed by atoms with Gasteiger partial charge in [0.2, 0.25) is 0 Å². The highest BCUT2D eigenvalue weighted by molar-refractivity contribution is 5.30. The normalized spacial score (nSPS) is 12.5. The molecule has 102 valence electrons. The molecule has 0 fully saturated rings. The summed E-state index contributed by atoms with van der Waals surface area (Å²) >= 11 is 0. The fraction of sp³-hybridized carbons (Fsp3) is 0.412. The molecule has 2 nitrogen and oxygen atoms in total. The first-order valence-electron chi connectivity index (χ1n) is 7.20. The van der Waals surface area contributed by atoms with Crippen LogP contribution in [0.4, 0.5) is 0 Å². The van der Waals surface area contributed by atoms with Crippen LogP contribution < -0.4 is 5.32 Å². The van der Waals surface area contributed by atoms with Crippen molar-refractivity contribution in [1.82, 2.24) is 5.32 Å². The maximum absolute atomic E-state index is 5.54. The Kier molecular flexibility index (Phi) is 5.22. The van der Waals surface area contributed by atoms with Crippen molar-refractivity contribution in [2.75, 3.05) is 6.54 Å². The van der Waals surface area contributed by atoms with Gasteiger partial charge in [-0.15, -0.1) is 0 Å². The maximum Gasteiger partial charge on any atom is 0.125 e. The minimum absolute atomic E-state index is 0.153. The van der Waals surface area contributed by atoms with E-state index in [1.165, 1.54) is 30.4 Å². The van der Waals surface area contributed by atoms with Gasteiger partial charge in [-0.25, -0.2) is 0 Å². The van der Waals surface area contributed by atoms with Crippen molar-refractivity contribution >= 4 is 0 Å². The second-order valence-corrected chi connectivity index (χ2v) is 4.85. The third-order valence-electron chi connectivity index (χ3n) is 3.37. The highest BCUT2D eigenvalue weighted by Gasteiger charge is 2.15. The maximum atomic E-state index is 5.54. The van der Waals surface area contributed by atoms with E-state index in [0.29, 0.717) is 0 Å². The second-order valence-electron chi connectivity index (χ2n) is 4.85. The Balaban J connectivity index is 2.13. The topological polar surface area (TPSA) is 25.2 Å². The summed E-state index contributed by atoms with van der Waals surface area (Å²) in [6.07, 6.45) is 5.40. The lowest BCUT2D eigenvalue weighted by Crippen LogP contribution is -2.21. The summed E-state index contributed by atoms with van der Waals surface area (Å²) in [7, 11) is 0. The lowest BCUT2D eigenvalue weighted by atomic mass is 10.0. The van der Waals surface area contributed by atoms with Gasteiger partial charge in [0, 0.05) is 0 Å². The van der Waals surface area contributed by atoms with Gasteiger partial charge in [-0.1, -0.05) is 44.5 Å². The molecule has 2 rings (SSSR count). The molecule has 0 radical (unpaired) electrons. The van der Waals surface area contributed by atoms with Gasteiger partial charge in [-0.3, -0.25) is 0 Å². The molecule has 0 spiro atoms. The van der Waals surface area contributed by atoms with Gasteiger partial charge in [0.15, 0.2) is 0 Å². The molecule has 0 aliphatic heterocycles. The standard InChI is InChI=1S/C17H23NO/c1-3-5-7-14-9-11-15(12-10-14)17(18-4-2)16-8-6-13-19-16/h6,8-13,17-18H,3-5,7H2,1-2H3. The quantitative estimate of drug-likeness (QED) is 0.799. The van der Waals surface area contributed by atoms with Crippen LogP contribution >= 0.6 is 0 Å². The summed E-state index contributed by atoms with van der Waals surface area (Å²) in [5, 5.41) is 3.47. The number of hydrogen-bond acceptors (Lipinski definition) is 2. The highest BCUT2D eigenvalue weighted by atomic mass is 16.3. The van der Waals surface area contributed by atoms with Crippen molar-refractivity contribution in [3.8, 4) is 0 Å². The minimum atomic E-state index is 0.153. The van der Waals surface area contributed by atoms with E-state index in [1.54, 1.807) is 6.26 Å². The summed E-state index contributed by atoms with van der Waals surface area (Å²) in [4.78, 5) is 0. The Morgan fingerprint density at radius 1 is 1.11 bits per heavy atom. The summed E-state index contributed by atoms with van der Waals surface area (Å²) in [5.41, 5.74) is 2.68. The van der Waals surface area contributed by atoms with Crippen LogP contribution in [0, 0.1) is 0 Å². The fourth-order valence-electron chi connectivity index (χ4n) is 2.30. The highest BCUT2D eigenvalue weighted by Crippen LogP contribution is 2.23. The fourth-order valence-corrected chi connectivity index (χ4v) is 2.30. The number of furan rings is 1. The van der Waals surface area contributed by atoms with Crippen LogP contribution in [-0.2, 0) is 6.42 Å². The molecule has 19 heavy (non-hydrogen) atoms. The van der Waals surface area contributed by atoms with Crippen molar-refractivity contribution in [3.63, 3.8) is 0 Å². The molecule has 0 saturated heterocycles. The van der Waals surface area contributed by atoms with Crippen LogP contribution in [0.1, 0.15) is 49.6 Å². The molecule has 0 amide bonds. The predicted molar refractivity (Wildman–Crippen MR) is 79.3 cm³/mol. The van der Waals surface area contributed by atoms with Gasteiger partial charge in [0.25, 0.3) is 0 Å². The van der Waals surface area contributed by atoms with Crippen LogP contribution in [0.5, 0.6) is 0 Å². The second kappa shape index (κ2) is 7.15. The van der Waals surface area contributed by atoms with Crippen LogP contribution in [0.25, 0.3) is 0 Å². The molecule has 1 aromatic heterocycles. The third-order valence-corrected chi connectivity index (χ3v) is 3.37. The number of benzene rings is 1. The zero-order valence-electron chi connectivity index (χ0n) is 11.9. The van der Waals surface area contributed by atoms with Crippen molar-refractivity contribution in [3.05, 3.63) is 59.5 Å². The average Bonchev–Trinajstić information content (AvgIpc) is 2.97. The molecule has 1 unspecified atom stereocenters. The Labute approximate surface area is 115 Å². The molecule has 1 atom stereocenters. The monoisotopic (exact) mass is 257 g/mol. The van der Waals surface area contributed by atoms with Crippen molar-refractivity contribution in [2.45, 2.75) is 39.2 Å². The molecular formula is C17H23NO. The number of unbranched alkanes of at least 4 members (excludes halogenated alkanes) is 1. The van der Waals surface area contributed by atoms with E-state index >= 15 is 0 Å². The van der Waals surface area contributed by atoms with Gasteiger partial charge >= 0.3 is 0 Å². The third kappa shape index (κ3) is 3.71. The van der Waals surface area contributed by atoms with Crippen LogP contribution in [0.2, 0.25) is 0 Å². The summed E-state index contributed by atoms with van der Waals surface area (Å²) in [6.45, 7) is 5.26. The Bertz CT molecular complexity index is 459. The first-order valence-corrected chi connectivity index (χ1v) is 7.20. The van der Waals surface area contributed by atoms with Crippen molar-refractivity contribution in [2.24, 2.45) is 0 Å². The molecular weight excluding hydrogens is 234 g/mol. The molecule has 0 aliphatic rings. The van der Waals surface area contributed by atoms with E-state index < -0.39 is 0 Å². The van der Waals surface area contributed by atoms with Gasteiger partial charge < -0.3 is 9.73 Å². The molecule has 2 heteroatoms. The predicted octanol–water partition coefficient (Wildman–Crippen LogP) is 4.32. The van der Waals surface area contributed by atoms with E-state index in [9.17, 15) is 0 Å². The average molecular weight is 257 g/mol. The van der Waals surface area contributed by atoms with Crippen LogP contribution in [0.15, 0.2) is 47.1 Å². The number of aryl methyl sites for hydroxylation is 1. The molecule has 1 heterocycles. The number of hydrogen-bond donors (Lipinski definition) is 1. The minimum Gasteiger partial charge on any atom is -0.467 e. The lowest BCUT2D eigenvalue weighted by molar-refractivity contribution is 0.452. The molecule has 1 N–H and O–H groups in total. The van der Waals surface area contributed by atoms with E-state index in [2.05, 4.69) is 43.4 Å². The van der Waals surface area contributed by atoms with E-state index in [0.717, 1.165) is 12.3 Å². The van der Waals surface area contributed by atoms with Crippen LogP contribution in [0.3, 0.4) is 0 Å². The largest absolute Gasteiger partial charge is 0.467 e. The zero-order valence-corrected chi connectivity index (χ0v) is 11.9. The Morgan fingerprint density at radius 2 is 1.89 bits per heavy atom. The van der Waals surface area contributed by atoms with Crippen molar-refractivity contribution in [1.29, 1.82) is 0 Å². The van der Waals surface area contributed by atoms with Gasteiger partial charge in [-0.2, -0.15) is 0 Å². The van der Waals surface area contributed by atoms with E-state index in [-0.39, 0.29) is 6.04 Å². The summed E-state index contributed by atoms with van der Waals surface area (Å²) in [5.74, 6) is 0.975. The smallest absolute Gasteiger partial charge is 0.125 e. The first kappa shape index (κ1) is 13.9. The summed E-state index contributed by atoms with van der Waals surface area (Å²) in [6, 6.07) is 13.0. The molecule has 0 aliphatic carbocycles. The lowest BCUT2D eigenvalue weighted by Gasteiger charge is -2.16. The first-order chi connectivity index (χ1) is 9.35. The number of nitrogens with one attached hydrogen (secondary N) is 1. The zero-order chi connectivity index (χ0) is 13.5. The van der Waals surface area contributed by atoms with Gasteiger partial charge in [-0.05, 0) is 42.6 Å². The van der Waals surface area contributed by atoms with Gasteiger partial charge in [0.05, 0.1) is 12.3 Å². The van der Waals surface area contributed by atoms with E-state index in [4.69, 9.17) is 4.42 Å². The van der Waals surface area contributed by atoms with Crippen LogP contribution in [-0.4, -0.2) is 6.54 Å². The van der Waals surface area contributed by atoms with E-state index in [1.807, 2.05) is 12.1 Å².